The molecule has 29 heavy (non-hydrogen) atoms. The van der Waals surface area contributed by atoms with Crippen molar-refractivity contribution < 1.29 is 17.9 Å². The van der Waals surface area contributed by atoms with Crippen molar-refractivity contribution in [1.82, 2.24) is 9.21 Å². The number of carbonyl (C=O) groups is 1. The summed E-state index contributed by atoms with van der Waals surface area (Å²) in [7, 11) is -3.33. The molecule has 0 N–H and O–H groups in total. The van der Waals surface area contributed by atoms with Crippen LogP contribution in [-0.4, -0.2) is 61.2 Å². The lowest BCUT2D eigenvalue weighted by molar-refractivity contribution is 0.124. The SMILES string of the molecule is CCC1COC(=O)N1C1CCN(S(=O)(=O)CCc2cccc3ccccc23)CC1. The van der Waals surface area contributed by atoms with Crippen LogP contribution in [0.4, 0.5) is 4.79 Å². The molecule has 156 valence electrons. The predicted molar refractivity (Wildman–Crippen MR) is 113 cm³/mol. The lowest BCUT2D eigenvalue weighted by Gasteiger charge is -2.37. The zero-order valence-corrected chi connectivity index (χ0v) is 17.6. The van der Waals surface area contributed by atoms with Crippen LogP contribution in [-0.2, 0) is 21.2 Å². The second-order valence-corrected chi connectivity index (χ2v) is 9.97. The summed E-state index contributed by atoms with van der Waals surface area (Å²) in [5.41, 5.74) is 1.06. The number of hydrogen-bond donors (Lipinski definition) is 0. The van der Waals surface area contributed by atoms with E-state index in [1.165, 1.54) is 0 Å². The highest BCUT2D eigenvalue weighted by atomic mass is 32.2. The molecular weight excluding hydrogens is 388 g/mol. The van der Waals surface area contributed by atoms with Crippen molar-refractivity contribution in [2.75, 3.05) is 25.4 Å². The van der Waals surface area contributed by atoms with Gasteiger partial charge in [-0.25, -0.2) is 17.5 Å². The topological polar surface area (TPSA) is 66.9 Å². The Morgan fingerprint density at radius 1 is 1.07 bits per heavy atom. The fourth-order valence-corrected chi connectivity index (χ4v) is 6.01. The molecule has 2 heterocycles. The molecule has 1 amide bonds. The Kier molecular flexibility index (Phi) is 5.79. The van der Waals surface area contributed by atoms with Crippen LogP contribution >= 0.6 is 0 Å². The van der Waals surface area contributed by atoms with Gasteiger partial charge in [0.15, 0.2) is 0 Å². The van der Waals surface area contributed by atoms with Crippen LogP contribution in [0, 0.1) is 0 Å². The first-order valence-corrected chi connectivity index (χ1v) is 12.0. The van der Waals surface area contributed by atoms with Crippen LogP contribution in [0.1, 0.15) is 31.7 Å². The van der Waals surface area contributed by atoms with Gasteiger partial charge < -0.3 is 4.74 Å². The number of amides is 1. The molecule has 2 aromatic rings. The van der Waals surface area contributed by atoms with Gasteiger partial charge in [-0.1, -0.05) is 49.4 Å². The molecule has 1 atom stereocenters. The second kappa shape index (κ2) is 8.32. The molecule has 0 aromatic heterocycles. The van der Waals surface area contributed by atoms with Gasteiger partial charge in [-0.15, -0.1) is 0 Å². The van der Waals surface area contributed by atoms with Crippen molar-refractivity contribution in [3.05, 3.63) is 48.0 Å². The summed E-state index contributed by atoms with van der Waals surface area (Å²) in [6.45, 7) is 3.41. The molecule has 6 nitrogen and oxygen atoms in total. The van der Waals surface area contributed by atoms with Crippen molar-refractivity contribution in [1.29, 1.82) is 0 Å². The van der Waals surface area contributed by atoms with E-state index in [0.717, 1.165) is 22.8 Å². The van der Waals surface area contributed by atoms with E-state index in [1.807, 2.05) is 54.3 Å². The number of hydrogen-bond acceptors (Lipinski definition) is 4. The van der Waals surface area contributed by atoms with Gasteiger partial charge in [-0.3, -0.25) is 4.90 Å². The summed E-state index contributed by atoms with van der Waals surface area (Å²) in [5.74, 6) is 0.106. The molecular formula is C22H28N2O4S. The molecule has 2 aliphatic rings. The third kappa shape index (κ3) is 4.12. The molecule has 1 unspecified atom stereocenters. The highest BCUT2D eigenvalue weighted by Crippen LogP contribution is 2.27. The Morgan fingerprint density at radius 3 is 2.55 bits per heavy atom. The summed E-state index contributed by atoms with van der Waals surface area (Å²) < 4.78 is 32.6. The van der Waals surface area contributed by atoms with E-state index in [9.17, 15) is 13.2 Å². The third-order valence-corrected chi connectivity index (χ3v) is 8.07. The maximum atomic E-state index is 12.9. The van der Waals surface area contributed by atoms with Crippen molar-refractivity contribution in [3.63, 3.8) is 0 Å². The van der Waals surface area contributed by atoms with E-state index >= 15 is 0 Å². The Labute approximate surface area is 172 Å². The Balaban J connectivity index is 1.38. The molecule has 0 saturated carbocycles. The molecule has 7 heteroatoms. The minimum absolute atomic E-state index is 0.0690. The Bertz CT molecular complexity index is 978. The van der Waals surface area contributed by atoms with Gasteiger partial charge >= 0.3 is 6.09 Å². The summed E-state index contributed by atoms with van der Waals surface area (Å²) in [6, 6.07) is 14.3. The van der Waals surface area contributed by atoms with E-state index in [0.29, 0.717) is 39.0 Å². The fourth-order valence-electron chi connectivity index (χ4n) is 4.51. The summed E-state index contributed by atoms with van der Waals surface area (Å²) >= 11 is 0. The van der Waals surface area contributed by atoms with Crippen LogP contribution in [0.2, 0.25) is 0 Å². The number of nitrogens with zero attached hydrogens (tertiary/aromatic N) is 2. The Hall–Kier alpha value is -2.12. The lowest BCUT2D eigenvalue weighted by Crippen LogP contribution is -2.50. The zero-order chi connectivity index (χ0) is 20.4. The number of ether oxygens (including phenoxy) is 1. The lowest BCUT2D eigenvalue weighted by atomic mass is 10.0. The number of sulfonamides is 1. The van der Waals surface area contributed by atoms with Crippen molar-refractivity contribution >= 4 is 26.9 Å². The number of fused-ring (bicyclic) bond motifs is 1. The minimum Gasteiger partial charge on any atom is -0.447 e. The van der Waals surface area contributed by atoms with Gasteiger partial charge in [0.1, 0.15) is 6.61 Å². The first-order chi connectivity index (χ1) is 14.0. The average Bonchev–Trinajstić information content (AvgIpc) is 3.13. The van der Waals surface area contributed by atoms with E-state index < -0.39 is 10.0 Å². The molecule has 0 radical (unpaired) electrons. The highest BCUT2D eigenvalue weighted by molar-refractivity contribution is 7.89. The third-order valence-electron chi connectivity index (χ3n) is 6.19. The summed E-state index contributed by atoms with van der Waals surface area (Å²) in [5, 5.41) is 2.24. The maximum Gasteiger partial charge on any atom is 0.410 e. The molecule has 0 aliphatic carbocycles. The summed E-state index contributed by atoms with van der Waals surface area (Å²) in [6.07, 6.45) is 2.43. The maximum absolute atomic E-state index is 12.9. The standard InChI is InChI=1S/C22H28N2O4S/c1-2-19-16-28-22(25)24(19)20-10-13-23(14-11-20)29(26,27)15-12-18-8-5-7-17-6-3-4-9-21(17)18/h3-9,19-20H,2,10-16H2,1H3. The largest absolute Gasteiger partial charge is 0.447 e. The molecule has 2 aliphatic heterocycles. The molecule has 4 rings (SSSR count). The number of rotatable bonds is 6. The number of aryl methyl sites for hydroxylation is 1. The van der Waals surface area contributed by atoms with Crippen LogP contribution in [0.3, 0.4) is 0 Å². The quantitative estimate of drug-likeness (QED) is 0.724. The minimum atomic E-state index is -3.33. The van der Waals surface area contributed by atoms with Gasteiger partial charge in [0, 0.05) is 19.1 Å². The first kappa shape index (κ1) is 20.2. The second-order valence-electron chi connectivity index (χ2n) is 7.88. The Morgan fingerprint density at radius 2 is 1.79 bits per heavy atom. The zero-order valence-electron chi connectivity index (χ0n) is 16.8. The van der Waals surface area contributed by atoms with Crippen molar-refractivity contribution in [2.24, 2.45) is 0 Å². The van der Waals surface area contributed by atoms with Gasteiger partial charge in [0.25, 0.3) is 0 Å². The number of benzene rings is 2. The van der Waals surface area contributed by atoms with Crippen molar-refractivity contribution in [2.45, 2.75) is 44.7 Å². The monoisotopic (exact) mass is 416 g/mol. The normalized spacial score (nSPS) is 21.6. The van der Waals surface area contributed by atoms with Gasteiger partial charge in [0.2, 0.25) is 10.0 Å². The van der Waals surface area contributed by atoms with Crippen molar-refractivity contribution in [3.8, 4) is 0 Å². The predicted octanol–water partition coefficient (Wildman–Crippen LogP) is 3.41. The molecule has 2 aromatic carbocycles. The summed E-state index contributed by atoms with van der Waals surface area (Å²) in [4.78, 5) is 13.9. The molecule has 2 fully saturated rings. The van der Waals surface area contributed by atoms with Gasteiger partial charge in [0.05, 0.1) is 11.8 Å². The van der Waals surface area contributed by atoms with E-state index in [-0.39, 0.29) is 23.9 Å². The highest BCUT2D eigenvalue weighted by Gasteiger charge is 2.39. The molecule has 2 saturated heterocycles. The van der Waals surface area contributed by atoms with Gasteiger partial charge in [-0.2, -0.15) is 0 Å². The molecule has 0 bridgehead atoms. The van der Waals surface area contributed by atoms with Crippen LogP contribution in [0.25, 0.3) is 10.8 Å². The molecule has 0 spiro atoms. The van der Waals surface area contributed by atoms with Crippen LogP contribution < -0.4 is 0 Å². The first-order valence-electron chi connectivity index (χ1n) is 10.4. The van der Waals surface area contributed by atoms with E-state index in [1.54, 1.807) is 4.31 Å². The van der Waals surface area contributed by atoms with Crippen LogP contribution in [0.5, 0.6) is 0 Å². The number of cyclic esters (lactones) is 1. The van der Waals surface area contributed by atoms with E-state index in [4.69, 9.17) is 4.74 Å². The van der Waals surface area contributed by atoms with Crippen LogP contribution in [0.15, 0.2) is 42.5 Å². The fraction of sp³-hybridized carbons (Fsp3) is 0.500. The van der Waals surface area contributed by atoms with Gasteiger partial charge in [-0.05, 0) is 42.0 Å². The van der Waals surface area contributed by atoms with E-state index in [2.05, 4.69) is 0 Å². The smallest absolute Gasteiger partial charge is 0.410 e. The average molecular weight is 417 g/mol. The number of piperidine rings is 1. The number of carbonyl (C=O) groups excluding carboxylic acids is 1.